The normalized spacial score (nSPS) is 16.4. The van der Waals surface area contributed by atoms with Crippen LogP contribution in [0.25, 0.3) is 0 Å². The first-order chi connectivity index (χ1) is 7.29. The van der Waals surface area contributed by atoms with Crippen molar-refractivity contribution < 1.29 is 0 Å². The van der Waals surface area contributed by atoms with Crippen LogP contribution >= 0.6 is 0 Å². The van der Waals surface area contributed by atoms with Crippen molar-refractivity contribution in [3.8, 4) is 0 Å². The van der Waals surface area contributed by atoms with Gasteiger partial charge in [-0.25, -0.2) is 4.98 Å². The summed E-state index contributed by atoms with van der Waals surface area (Å²) >= 11 is 0. The van der Waals surface area contributed by atoms with Gasteiger partial charge < -0.3 is 9.88 Å². The van der Waals surface area contributed by atoms with Gasteiger partial charge in [0.15, 0.2) is 0 Å². The highest BCUT2D eigenvalue weighted by Gasteiger charge is 2.17. The molecule has 1 aliphatic carbocycles. The lowest BCUT2D eigenvalue weighted by molar-refractivity contribution is 0.283. The molecule has 0 bridgehead atoms. The number of imidazole rings is 1. The number of aromatic nitrogens is 2. The largest absolute Gasteiger partial charge is 0.356 e. The van der Waals surface area contributed by atoms with Crippen molar-refractivity contribution in [2.45, 2.75) is 46.1 Å². The summed E-state index contributed by atoms with van der Waals surface area (Å²) in [4.78, 5) is 4.47. The van der Waals surface area contributed by atoms with Crippen LogP contribution in [0.5, 0.6) is 0 Å². The molecule has 15 heavy (non-hydrogen) atoms. The Balaban J connectivity index is 1.92. The van der Waals surface area contributed by atoms with E-state index in [1.165, 1.54) is 25.7 Å². The molecule has 1 aliphatic rings. The van der Waals surface area contributed by atoms with Crippen LogP contribution in [-0.4, -0.2) is 16.1 Å². The number of hydrogen-bond donors (Lipinski definition) is 1. The zero-order valence-electron chi connectivity index (χ0n) is 9.79. The maximum atomic E-state index is 4.47. The monoisotopic (exact) mass is 207 g/mol. The molecule has 0 saturated heterocycles. The Hall–Kier alpha value is -0.990. The van der Waals surface area contributed by atoms with Gasteiger partial charge in [0.2, 0.25) is 5.95 Å². The van der Waals surface area contributed by atoms with Gasteiger partial charge in [0.25, 0.3) is 0 Å². The van der Waals surface area contributed by atoms with Crippen molar-refractivity contribution in [2.24, 2.45) is 5.92 Å². The predicted octanol–water partition coefficient (Wildman–Crippen LogP) is 2.81. The molecule has 84 valence electrons. The Morgan fingerprint density at radius 3 is 2.93 bits per heavy atom. The van der Waals surface area contributed by atoms with Crippen molar-refractivity contribution in [1.29, 1.82) is 0 Å². The molecule has 2 rings (SSSR count). The summed E-state index contributed by atoms with van der Waals surface area (Å²) in [5.74, 6) is 2.01. The molecule has 0 radical (unpaired) electrons. The van der Waals surface area contributed by atoms with Gasteiger partial charge in [-0.15, -0.1) is 0 Å². The van der Waals surface area contributed by atoms with Crippen molar-refractivity contribution in [3.05, 3.63) is 11.9 Å². The summed E-state index contributed by atoms with van der Waals surface area (Å²) in [5.41, 5.74) is 1.11. The first kappa shape index (κ1) is 10.5. The SMILES string of the molecule is CCNc1nc(C)cn1CCC1CCC1. The zero-order chi connectivity index (χ0) is 10.7. The van der Waals surface area contributed by atoms with E-state index in [1.807, 2.05) is 0 Å². The Morgan fingerprint density at radius 2 is 2.33 bits per heavy atom. The van der Waals surface area contributed by atoms with E-state index in [9.17, 15) is 0 Å². The van der Waals surface area contributed by atoms with Crippen LogP contribution in [0.4, 0.5) is 5.95 Å². The number of anilines is 1. The maximum Gasteiger partial charge on any atom is 0.203 e. The molecule has 1 heterocycles. The van der Waals surface area contributed by atoms with Crippen molar-refractivity contribution in [2.75, 3.05) is 11.9 Å². The van der Waals surface area contributed by atoms with Gasteiger partial charge in [0, 0.05) is 19.3 Å². The molecule has 0 amide bonds. The fourth-order valence-electron chi connectivity index (χ4n) is 2.12. The Labute approximate surface area is 91.9 Å². The van der Waals surface area contributed by atoms with Crippen molar-refractivity contribution in [1.82, 2.24) is 9.55 Å². The Bertz CT molecular complexity index is 313. The second-order valence-electron chi connectivity index (χ2n) is 4.52. The van der Waals surface area contributed by atoms with E-state index in [0.29, 0.717) is 0 Å². The first-order valence-corrected chi connectivity index (χ1v) is 6.07. The fourth-order valence-corrected chi connectivity index (χ4v) is 2.12. The van der Waals surface area contributed by atoms with Crippen LogP contribution in [0.1, 0.15) is 38.3 Å². The van der Waals surface area contributed by atoms with Gasteiger partial charge in [0.05, 0.1) is 5.69 Å². The average Bonchev–Trinajstić information content (AvgIpc) is 2.45. The van der Waals surface area contributed by atoms with Gasteiger partial charge in [-0.05, 0) is 26.2 Å². The third-order valence-corrected chi connectivity index (χ3v) is 3.23. The number of nitrogens with zero attached hydrogens (tertiary/aromatic N) is 2. The molecule has 0 aromatic carbocycles. The highest BCUT2D eigenvalue weighted by atomic mass is 15.2. The molecule has 0 spiro atoms. The minimum absolute atomic E-state index is 0.944. The van der Waals surface area contributed by atoms with Gasteiger partial charge in [0.1, 0.15) is 0 Å². The maximum absolute atomic E-state index is 4.47. The lowest BCUT2D eigenvalue weighted by Gasteiger charge is -2.25. The summed E-state index contributed by atoms with van der Waals surface area (Å²) in [6.45, 7) is 6.23. The molecule has 3 heteroatoms. The molecule has 1 aromatic heterocycles. The quantitative estimate of drug-likeness (QED) is 0.804. The van der Waals surface area contributed by atoms with E-state index >= 15 is 0 Å². The highest BCUT2D eigenvalue weighted by Crippen LogP contribution is 2.30. The summed E-state index contributed by atoms with van der Waals surface area (Å²) in [6.07, 6.45) is 7.77. The van der Waals surface area contributed by atoms with E-state index < -0.39 is 0 Å². The first-order valence-electron chi connectivity index (χ1n) is 6.07. The predicted molar refractivity (Wildman–Crippen MR) is 63.1 cm³/mol. The zero-order valence-corrected chi connectivity index (χ0v) is 9.79. The summed E-state index contributed by atoms with van der Waals surface area (Å²) < 4.78 is 2.26. The number of rotatable bonds is 5. The molecule has 0 atom stereocenters. The average molecular weight is 207 g/mol. The smallest absolute Gasteiger partial charge is 0.203 e. The molecular weight excluding hydrogens is 186 g/mol. The highest BCUT2D eigenvalue weighted by molar-refractivity contribution is 5.28. The molecular formula is C12H21N3. The molecule has 3 nitrogen and oxygen atoms in total. The van der Waals surface area contributed by atoms with Gasteiger partial charge >= 0.3 is 0 Å². The van der Waals surface area contributed by atoms with Gasteiger partial charge in [-0.1, -0.05) is 19.3 Å². The van der Waals surface area contributed by atoms with Crippen LogP contribution in [-0.2, 0) is 6.54 Å². The third-order valence-electron chi connectivity index (χ3n) is 3.23. The molecule has 1 aromatic rings. The standard InChI is InChI=1S/C12H21N3/c1-3-13-12-14-10(2)9-15(12)8-7-11-5-4-6-11/h9,11H,3-8H2,1-2H3,(H,13,14). The number of hydrogen-bond acceptors (Lipinski definition) is 2. The van der Waals surface area contributed by atoms with Crippen molar-refractivity contribution in [3.63, 3.8) is 0 Å². The van der Waals surface area contributed by atoms with Crippen LogP contribution in [0.3, 0.4) is 0 Å². The molecule has 0 aliphatic heterocycles. The van der Waals surface area contributed by atoms with Crippen LogP contribution < -0.4 is 5.32 Å². The Morgan fingerprint density at radius 1 is 1.53 bits per heavy atom. The summed E-state index contributed by atoms with van der Waals surface area (Å²) in [5, 5.41) is 3.31. The van der Waals surface area contributed by atoms with Gasteiger partial charge in [-0.3, -0.25) is 0 Å². The van der Waals surface area contributed by atoms with E-state index in [-0.39, 0.29) is 0 Å². The topological polar surface area (TPSA) is 29.9 Å². The second kappa shape index (κ2) is 4.69. The molecule has 1 fully saturated rings. The van der Waals surface area contributed by atoms with E-state index in [1.54, 1.807) is 0 Å². The number of nitrogens with one attached hydrogen (secondary N) is 1. The van der Waals surface area contributed by atoms with Crippen LogP contribution in [0, 0.1) is 12.8 Å². The summed E-state index contributed by atoms with van der Waals surface area (Å²) in [6, 6.07) is 0. The second-order valence-corrected chi connectivity index (χ2v) is 4.52. The lowest BCUT2D eigenvalue weighted by Crippen LogP contribution is -2.15. The minimum atomic E-state index is 0.944. The Kier molecular flexibility index (Phi) is 3.29. The number of aryl methyl sites for hydroxylation is 2. The third kappa shape index (κ3) is 2.52. The van der Waals surface area contributed by atoms with E-state index in [0.717, 1.165) is 30.6 Å². The minimum Gasteiger partial charge on any atom is -0.356 e. The molecule has 1 saturated carbocycles. The fraction of sp³-hybridized carbons (Fsp3) is 0.750. The summed E-state index contributed by atoms with van der Waals surface area (Å²) in [7, 11) is 0. The molecule has 0 unspecified atom stereocenters. The van der Waals surface area contributed by atoms with E-state index in [2.05, 4.69) is 34.9 Å². The molecule has 1 N–H and O–H groups in total. The van der Waals surface area contributed by atoms with Crippen LogP contribution in [0.15, 0.2) is 6.20 Å². The van der Waals surface area contributed by atoms with Gasteiger partial charge in [-0.2, -0.15) is 0 Å². The van der Waals surface area contributed by atoms with Crippen LogP contribution in [0.2, 0.25) is 0 Å². The lowest BCUT2D eigenvalue weighted by atomic mass is 9.83. The van der Waals surface area contributed by atoms with E-state index in [4.69, 9.17) is 0 Å². The van der Waals surface area contributed by atoms with Crippen molar-refractivity contribution >= 4 is 5.95 Å².